The molecule has 1 aromatic carbocycles. The number of ether oxygens (including phenoxy) is 2. The second-order valence-electron chi connectivity index (χ2n) is 9.07. The summed E-state index contributed by atoms with van der Waals surface area (Å²) in [5.41, 5.74) is 10.3. The predicted molar refractivity (Wildman–Crippen MR) is 142 cm³/mol. The van der Waals surface area contributed by atoms with Gasteiger partial charge in [0, 0.05) is 53.8 Å². The highest BCUT2D eigenvalue weighted by molar-refractivity contribution is 7.09. The van der Waals surface area contributed by atoms with Crippen molar-refractivity contribution in [2.24, 2.45) is 0 Å². The highest BCUT2D eigenvalue weighted by Crippen LogP contribution is 2.15. The number of rotatable bonds is 16. The van der Waals surface area contributed by atoms with Crippen molar-refractivity contribution in [1.82, 2.24) is 0 Å². The van der Waals surface area contributed by atoms with Crippen LogP contribution in [0.5, 0.6) is 0 Å². The van der Waals surface area contributed by atoms with Crippen molar-refractivity contribution in [2.45, 2.75) is 78.3 Å². The van der Waals surface area contributed by atoms with Crippen LogP contribution in [0.4, 0.5) is 0 Å². The smallest absolute Gasteiger partial charge is 0.225 e. The average molecular weight is 503 g/mol. The van der Waals surface area contributed by atoms with Crippen LogP contribution < -0.4 is 9.13 Å². The van der Waals surface area contributed by atoms with Crippen molar-refractivity contribution in [3.63, 3.8) is 0 Å². The fraction of sp³-hybridized carbons (Fsp3) is 0.571. The van der Waals surface area contributed by atoms with Crippen molar-refractivity contribution in [1.29, 1.82) is 0 Å². The zero-order chi connectivity index (χ0) is 24.2. The zero-order valence-electron chi connectivity index (χ0n) is 21.5. The van der Waals surface area contributed by atoms with Crippen LogP contribution in [0, 0.1) is 13.8 Å². The lowest BCUT2D eigenvalue weighted by molar-refractivity contribution is -0.698. The summed E-state index contributed by atoms with van der Waals surface area (Å²) in [5.74, 6) is 0. The van der Waals surface area contributed by atoms with Gasteiger partial charge in [-0.2, -0.15) is 9.13 Å². The number of unbranched alkanes of at least 4 members (excludes halogenated alkanes) is 2. The Morgan fingerprint density at radius 3 is 1.41 bits per heavy atom. The Kier molecular flexibility index (Phi) is 11.7. The van der Waals surface area contributed by atoms with Crippen LogP contribution in [0.3, 0.4) is 0 Å². The molecule has 0 amide bonds. The van der Waals surface area contributed by atoms with Crippen LogP contribution in [0.15, 0.2) is 35.3 Å². The quantitative estimate of drug-likeness (QED) is 0.193. The van der Waals surface area contributed by atoms with Gasteiger partial charge in [0.2, 0.25) is 11.0 Å². The van der Waals surface area contributed by atoms with Gasteiger partial charge in [0.25, 0.3) is 0 Å². The highest BCUT2D eigenvalue weighted by Gasteiger charge is 2.15. The van der Waals surface area contributed by atoms with Gasteiger partial charge in [-0.1, -0.05) is 46.9 Å². The summed E-state index contributed by atoms with van der Waals surface area (Å²) < 4.78 is 15.3. The van der Waals surface area contributed by atoms with Gasteiger partial charge in [-0.3, -0.25) is 0 Å². The number of thiazole rings is 2. The molecule has 0 unspecified atom stereocenters. The van der Waals surface area contributed by atoms with Crippen LogP contribution in [-0.2, 0) is 48.2 Å². The number of hydrogen-bond acceptors (Lipinski definition) is 4. The molecular formula is C28H42N2O2S2+2. The number of benzene rings is 1. The van der Waals surface area contributed by atoms with E-state index in [1.54, 1.807) is 14.2 Å². The first-order valence-electron chi connectivity index (χ1n) is 12.6. The van der Waals surface area contributed by atoms with E-state index in [-0.39, 0.29) is 0 Å². The van der Waals surface area contributed by atoms with E-state index in [4.69, 9.17) is 9.47 Å². The Morgan fingerprint density at radius 1 is 0.618 bits per heavy atom. The molecule has 4 nitrogen and oxygen atoms in total. The molecule has 0 fully saturated rings. The van der Waals surface area contributed by atoms with E-state index in [2.05, 4.69) is 58.3 Å². The van der Waals surface area contributed by atoms with Gasteiger partial charge in [-0.05, 0) is 36.8 Å². The monoisotopic (exact) mass is 502 g/mol. The summed E-state index contributed by atoms with van der Waals surface area (Å²) in [7, 11) is 3.55. The molecule has 0 radical (unpaired) electrons. The summed E-state index contributed by atoms with van der Waals surface area (Å²) in [6.07, 6.45) is 9.29. The standard InChI is InChI=1S/C28H42N2O2S2/c1-23-27(15-19-31-3)33-21-29(23)17-7-5-9-25-11-13-26(14-12-25)10-6-8-18-30-22-34-28(24(30)2)16-20-32-4/h11-14,21-22H,5-10,15-20H2,1-4H3/q+2. The molecule has 0 aliphatic rings. The van der Waals surface area contributed by atoms with Crippen LogP contribution in [0.25, 0.3) is 0 Å². The van der Waals surface area contributed by atoms with E-state index in [1.807, 2.05) is 22.7 Å². The van der Waals surface area contributed by atoms with Crippen LogP contribution >= 0.6 is 22.7 Å². The molecule has 34 heavy (non-hydrogen) atoms. The molecular weight excluding hydrogens is 460 g/mol. The Hall–Kier alpha value is -1.60. The zero-order valence-corrected chi connectivity index (χ0v) is 23.1. The first kappa shape index (κ1) is 27.0. The van der Waals surface area contributed by atoms with E-state index in [0.717, 1.165) is 39.1 Å². The van der Waals surface area contributed by atoms with Gasteiger partial charge in [0.15, 0.2) is 11.4 Å². The Bertz CT molecular complexity index is 900. The van der Waals surface area contributed by atoms with E-state index < -0.39 is 0 Å². The first-order chi connectivity index (χ1) is 16.6. The molecule has 186 valence electrons. The summed E-state index contributed by atoms with van der Waals surface area (Å²) >= 11 is 3.72. The minimum Gasteiger partial charge on any atom is -0.384 e. The third kappa shape index (κ3) is 8.26. The molecule has 0 atom stereocenters. The molecule has 0 spiro atoms. The maximum absolute atomic E-state index is 5.22. The van der Waals surface area contributed by atoms with Crippen molar-refractivity contribution < 1.29 is 18.6 Å². The Morgan fingerprint density at radius 2 is 1.03 bits per heavy atom. The summed E-state index contributed by atoms with van der Waals surface area (Å²) in [6.45, 7) is 8.31. The molecule has 0 N–H and O–H groups in total. The Labute approximate surface area is 214 Å². The van der Waals surface area contributed by atoms with Gasteiger partial charge >= 0.3 is 0 Å². The molecule has 0 aliphatic carbocycles. The van der Waals surface area contributed by atoms with Crippen LogP contribution in [-0.4, -0.2) is 27.4 Å². The minimum absolute atomic E-state index is 0.806. The van der Waals surface area contributed by atoms with E-state index in [1.165, 1.54) is 70.8 Å². The highest BCUT2D eigenvalue weighted by atomic mass is 32.1. The van der Waals surface area contributed by atoms with Crippen LogP contribution in [0.1, 0.15) is 58.0 Å². The Balaban J connectivity index is 1.32. The number of hydrogen-bond donors (Lipinski definition) is 0. The SMILES string of the molecule is COCCc1sc[n+](CCCCc2ccc(CCCC[n+]3csc(CCOC)c3C)cc2)c1C. The number of aromatic nitrogens is 2. The topological polar surface area (TPSA) is 26.2 Å². The maximum Gasteiger partial charge on any atom is 0.225 e. The lowest BCUT2D eigenvalue weighted by Crippen LogP contribution is -2.34. The fourth-order valence-corrected chi connectivity index (χ4v) is 6.32. The lowest BCUT2D eigenvalue weighted by atomic mass is 10.0. The minimum atomic E-state index is 0.806. The molecule has 2 heterocycles. The number of aryl methyl sites for hydroxylation is 4. The number of nitrogens with zero attached hydrogens (tertiary/aromatic N) is 2. The summed E-state index contributed by atoms with van der Waals surface area (Å²) in [5, 5.41) is 0. The molecule has 6 heteroatoms. The van der Waals surface area contributed by atoms with Gasteiger partial charge in [0.1, 0.15) is 13.1 Å². The molecule has 0 saturated heterocycles. The molecule has 3 aromatic rings. The number of methoxy groups -OCH3 is 2. The normalized spacial score (nSPS) is 11.4. The molecule has 0 bridgehead atoms. The summed E-state index contributed by atoms with van der Waals surface area (Å²) in [4.78, 5) is 2.90. The van der Waals surface area contributed by atoms with E-state index in [0.29, 0.717) is 0 Å². The van der Waals surface area contributed by atoms with Gasteiger partial charge < -0.3 is 9.47 Å². The second-order valence-corrected chi connectivity index (χ2v) is 10.9. The fourth-order valence-electron chi connectivity index (χ4n) is 4.31. The third-order valence-corrected chi connectivity index (χ3v) is 8.92. The largest absolute Gasteiger partial charge is 0.384 e. The van der Waals surface area contributed by atoms with Crippen molar-refractivity contribution >= 4 is 22.7 Å². The van der Waals surface area contributed by atoms with Crippen molar-refractivity contribution in [3.8, 4) is 0 Å². The second kappa shape index (κ2) is 14.7. The molecule has 0 saturated carbocycles. The first-order valence-corrected chi connectivity index (χ1v) is 14.4. The predicted octanol–water partition coefficient (Wildman–Crippen LogP) is 5.43. The van der Waals surface area contributed by atoms with E-state index in [9.17, 15) is 0 Å². The molecule has 3 rings (SSSR count). The molecule has 2 aromatic heterocycles. The van der Waals surface area contributed by atoms with Crippen molar-refractivity contribution in [3.05, 3.63) is 67.6 Å². The van der Waals surface area contributed by atoms with Crippen LogP contribution in [0.2, 0.25) is 0 Å². The van der Waals surface area contributed by atoms with E-state index >= 15 is 0 Å². The molecule has 0 aliphatic heterocycles. The van der Waals surface area contributed by atoms with Gasteiger partial charge in [-0.15, -0.1) is 0 Å². The van der Waals surface area contributed by atoms with Gasteiger partial charge in [-0.25, -0.2) is 0 Å². The van der Waals surface area contributed by atoms with Crippen molar-refractivity contribution in [2.75, 3.05) is 27.4 Å². The summed E-state index contributed by atoms with van der Waals surface area (Å²) in [6, 6.07) is 9.34. The van der Waals surface area contributed by atoms with Gasteiger partial charge in [0.05, 0.1) is 23.0 Å². The maximum atomic E-state index is 5.22. The average Bonchev–Trinajstić information content (AvgIpc) is 3.39. The lowest BCUT2D eigenvalue weighted by Gasteiger charge is -2.04. The third-order valence-electron chi connectivity index (χ3n) is 6.63.